The highest BCUT2D eigenvalue weighted by molar-refractivity contribution is 7.26. The predicted octanol–water partition coefficient (Wildman–Crippen LogP) is 20.9. The molecule has 0 N–H and O–H groups in total. The second-order valence-electron chi connectivity index (χ2n) is 30.2. The van der Waals surface area contributed by atoms with Crippen molar-refractivity contribution in [1.29, 1.82) is 0 Å². The van der Waals surface area contributed by atoms with Crippen molar-refractivity contribution in [2.45, 2.75) is 168 Å². The molecule has 15 rings (SSSR count). The third-order valence-electron chi connectivity index (χ3n) is 21.8. The Morgan fingerprint density at radius 3 is 1.22 bits per heavy atom. The highest BCUT2D eigenvalue weighted by Gasteiger charge is 2.48. The van der Waals surface area contributed by atoms with E-state index in [1.54, 1.807) is 0 Å². The van der Waals surface area contributed by atoms with E-state index in [4.69, 9.17) is 0 Å². The largest absolute Gasteiger partial charge is 0.311 e. The number of hydrogen-bond donors (Lipinski definition) is 0. The molecule has 1 aromatic heterocycles. The van der Waals surface area contributed by atoms with Gasteiger partial charge in [0.2, 0.25) is 0 Å². The molecule has 9 aromatic carbocycles. The lowest BCUT2D eigenvalue weighted by Gasteiger charge is -2.47. The van der Waals surface area contributed by atoms with E-state index in [2.05, 4.69) is 281 Å². The number of nitrogens with zero attached hydrogens (tertiary/aromatic N) is 3. The number of thiophene rings is 1. The lowest BCUT2D eigenvalue weighted by molar-refractivity contribution is 0.332. The van der Waals surface area contributed by atoms with E-state index in [-0.39, 0.29) is 39.2 Å². The van der Waals surface area contributed by atoms with Crippen LogP contribution in [0.3, 0.4) is 0 Å². The van der Waals surface area contributed by atoms with E-state index < -0.39 is 0 Å². The van der Waals surface area contributed by atoms with E-state index >= 15 is 0 Å². The fraction of sp³-hybridized carbons (Fsp3) is 0.325. The average Bonchev–Trinajstić information content (AvgIpc) is 1.54. The van der Waals surface area contributed by atoms with Crippen LogP contribution in [-0.2, 0) is 32.5 Å². The molecule has 85 heavy (non-hydrogen) atoms. The Bertz CT molecular complexity index is 4370. The van der Waals surface area contributed by atoms with Gasteiger partial charge in [0.05, 0.1) is 5.69 Å². The molecule has 0 unspecified atom stereocenters. The molecule has 0 spiro atoms. The molecule has 0 radical (unpaired) electrons. The van der Waals surface area contributed by atoms with Crippen LogP contribution < -0.4 is 31.1 Å². The Kier molecular flexibility index (Phi) is 11.9. The zero-order chi connectivity index (χ0) is 59.1. The highest BCUT2D eigenvalue weighted by Crippen LogP contribution is 2.56. The fourth-order valence-electron chi connectivity index (χ4n) is 16.3. The smallest absolute Gasteiger partial charge is 0.252 e. The number of aryl methyl sites for hydroxylation is 2. The Labute approximate surface area is 510 Å². The third kappa shape index (κ3) is 8.32. The van der Waals surface area contributed by atoms with E-state index in [1.807, 2.05) is 11.3 Å². The van der Waals surface area contributed by atoms with Gasteiger partial charge in [-0.3, -0.25) is 0 Å². The summed E-state index contributed by atoms with van der Waals surface area (Å²) in [5, 5.41) is 2.73. The summed E-state index contributed by atoms with van der Waals surface area (Å²) in [5.41, 5.74) is 29.2. The summed E-state index contributed by atoms with van der Waals surface area (Å²) in [6, 6.07) is 66.8. The number of rotatable bonds is 6. The quantitative estimate of drug-likeness (QED) is 0.154. The van der Waals surface area contributed by atoms with Gasteiger partial charge in [-0.2, -0.15) is 0 Å². The van der Waals surface area contributed by atoms with Crippen molar-refractivity contribution < 1.29 is 0 Å². The van der Waals surface area contributed by atoms with Gasteiger partial charge in [-0.25, -0.2) is 0 Å². The van der Waals surface area contributed by atoms with Gasteiger partial charge in [0.25, 0.3) is 6.71 Å². The number of benzene rings is 9. The zero-order valence-corrected chi connectivity index (χ0v) is 53.6. The summed E-state index contributed by atoms with van der Waals surface area (Å²) in [6.45, 7) is 34.4. The standard InChI is InChI=1S/C80H82BN3S/c1-49-38-58-61(78(9,10)35-32-75(58,3)4)45-66(49)83-68-40-52(51-24-18-15-19-25-51)30-31-64(68)81-65-48-73-57(56-43-60-63(47-72(56)85-73)80(13,14)37-34-77(60,7)8)44-69(65)84(67-46-62-59(39-50(67)2)76(5,6)33-36-79(62,11)12)71-42-55(41-70(83)74(71)81)82(53-26-20-16-21-27-53)54-28-22-17-23-29-54/h15-31,38-48H,32-37H2,1-14H3. The first-order valence-corrected chi connectivity index (χ1v) is 32.5. The van der Waals surface area contributed by atoms with Crippen LogP contribution in [0.15, 0.2) is 170 Å². The third-order valence-corrected chi connectivity index (χ3v) is 22.9. The lowest BCUT2D eigenvalue weighted by Crippen LogP contribution is -2.61. The molecule has 3 nitrogen and oxygen atoms in total. The fourth-order valence-corrected chi connectivity index (χ4v) is 17.4. The molecule has 426 valence electrons. The molecule has 2 aliphatic heterocycles. The minimum atomic E-state index is -0.0782. The average molecular weight is 1130 g/mol. The summed E-state index contributed by atoms with van der Waals surface area (Å²) in [6.07, 6.45) is 7.01. The van der Waals surface area contributed by atoms with Crippen LogP contribution in [0.25, 0.3) is 31.3 Å². The first-order chi connectivity index (χ1) is 40.4. The zero-order valence-electron chi connectivity index (χ0n) is 52.7. The maximum Gasteiger partial charge on any atom is 0.252 e. The Balaban J connectivity index is 1.11. The molecule has 10 aromatic rings. The molecule has 5 aliphatic rings. The second-order valence-corrected chi connectivity index (χ2v) is 31.3. The first-order valence-electron chi connectivity index (χ1n) is 31.7. The molecule has 0 saturated carbocycles. The molecule has 0 saturated heterocycles. The van der Waals surface area contributed by atoms with Gasteiger partial charge in [-0.1, -0.05) is 174 Å². The topological polar surface area (TPSA) is 9.72 Å². The molecule has 0 amide bonds. The molecule has 0 fully saturated rings. The normalized spacial score (nSPS) is 18.7. The van der Waals surface area contributed by atoms with Gasteiger partial charge >= 0.3 is 0 Å². The molecule has 0 bridgehead atoms. The van der Waals surface area contributed by atoms with Crippen molar-refractivity contribution in [2.75, 3.05) is 14.7 Å². The second kappa shape index (κ2) is 18.6. The monoisotopic (exact) mass is 1130 g/mol. The van der Waals surface area contributed by atoms with Crippen LogP contribution in [0.2, 0.25) is 0 Å². The van der Waals surface area contributed by atoms with Crippen molar-refractivity contribution in [3.8, 4) is 11.1 Å². The van der Waals surface area contributed by atoms with Crippen molar-refractivity contribution in [3.63, 3.8) is 0 Å². The number of hydrogen-bond acceptors (Lipinski definition) is 4. The Morgan fingerprint density at radius 2 is 0.741 bits per heavy atom. The Morgan fingerprint density at radius 1 is 0.341 bits per heavy atom. The molecule has 3 heterocycles. The minimum absolute atomic E-state index is 0.00114. The maximum atomic E-state index is 2.76. The van der Waals surface area contributed by atoms with Crippen LogP contribution in [0, 0.1) is 13.8 Å². The van der Waals surface area contributed by atoms with Gasteiger partial charge in [-0.05, 0) is 236 Å². The van der Waals surface area contributed by atoms with Gasteiger partial charge in [0.15, 0.2) is 0 Å². The van der Waals surface area contributed by atoms with Crippen molar-refractivity contribution >= 4 is 106 Å². The predicted molar refractivity (Wildman–Crippen MR) is 369 cm³/mol. The van der Waals surface area contributed by atoms with E-state index in [1.165, 1.54) is 152 Å². The summed E-state index contributed by atoms with van der Waals surface area (Å²) >= 11 is 2.00. The van der Waals surface area contributed by atoms with Gasteiger partial charge < -0.3 is 14.7 Å². The van der Waals surface area contributed by atoms with Crippen LogP contribution >= 0.6 is 11.3 Å². The van der Waals surface area contributed by atoms with Crippen LogP contribution in [-0.4, -0.2) is 6.71 Å². The lowest BCUT2D eigenvalue weighted by atomic mass is 9.33. The highest BCUT2D eigenvalue weighted by atomic mass is 32.1. The summed E-state index contributed by atoms with van der Waals surface area (Å²) in [4.78, 5) is 7.99. The van der Waals surface area contributed by atoms with E-state index in [0.29, 0.717) is 0 Å². The summed E-state index contributed by atoms with van der Waals surface area (Å²) in [7, 11) is 0. The molecular formula is C80H82BN3S. The van der Waals surface area contributed by atoms with Crippen molar-refractivity contribution in [2.24, 2.45) is 0 Å². The van der Waals surface area contributed by atoms with Gasteiger partial charge in [-0.15, -0.1) is 11.3 Å². The molecular weight excluding hydrogens is 1050 g/mol. The summed E-state index contributed by atoms with van der Waals surface area (Å²) in [5.74, 6) is 0. The molecule has 5 heteroatoms. The molecule has 3 aliphatic carbocycles. The molecule has 0 atom stereocenters. The Hall–Kier alpha value is -7.34. The van der Waals surface area contributed by atoms with Gasteiger partial charge in [0.1, 0.15) is 0 Å². The van der Waals surface area contributed by atoms with Gasteiger partial charge in [0, 0.05) is 65.7 Å². The van der Waals surface area contributed by atoms with E-state index in [9.17, 15) is 0 Å². The van der Waals surface area contributed by atoms with E-state index in [0.717, 1.165) is 29.9 Å². The number of fused-ring (bicyclic) bond motifs is 10. The number of para-hydroxylation sites is 2. The van der Waals surface area contributed by atoms with Crippen LogP contribution in [0.1, 0.15) is 166 Å². The number of anilines is 9. The van der Waals surface area contributed by atoms with Crippen molar-refractivity contribution in [1.82, 2.24) is 0 Å². The van der Waals surface area contributed by atoms with Crippen LogP contribution in [0.5, 0.6) is 0 Å². The first kappa shape index (κ1) is 54.3. The maximum absolute atomic E-state index is 2.76. The summed E-state index contributed by atoms with van der Waals surface area (Å²) < 4.78 is 2.75. The minimum Gasteiger partial charge on any atom is -0.311 e. The van der Waals surface area contributed by atoms with Crippen molar-refractivity contribution in [3.05, 3.63) is 214 Å². The van der Waals surface area contributed by atoms with Crippen LogP contribution in [0.4, 0.5) is 51.2 Å². The SMILES string of the molecule is Cc1cc2c(cc1N1c3cc(-c4ccccc4)ccc3B3c4cc5sc6cc7c(cc6c5cc4N(c4cc5c(cc4C)C(C)(C)CCC5(C)C)c4cc(N(c5ccccc5)c5ccccc5)cc1c43)C(C)(C)CCC7(C)C)C(C)(C)CCC2(C)C.